The van der Waals surface area contributed by atoms with Gasteiger partial charge in [0.25, 0.3) is 0 Å². The number of nitrogens with zero attached hydrogens (tertiary/aromatic N) is 1. The van der Waals surface area contributed by atoms with Crippen molar-refractivity contribution in [3.63, 3.8) is 0 Å². The number of hydrogen-bond acceptors (Lipinski definition) is 3. The van der Waals surface area contributed by atoms with Crippen molar-refractivity contribution in [1.29, 1.82) is 0 Å². The van der Waals surface area contributed by atoms with E-state index < -0.39 is 0 Å². The summed E-state index contributed by atoms with van der Waals surface area (Å²) in [5.74, 6) is -0.256. The smallest absolute Gasteiger partial charge is 0.238 e. The number of amides is 2. The first kappa shape index (κ1) is 21.2. The van der Waals surface area contributed by atoms with E-state index in [1.807, 2.05) is 36.4 Å². The van der Waals surface area contributed by atoms with Gasteiger partial charge in [0, 0.05) is 11.8 Å². The highest BCUT2D eigenvalue weighted by atomic mass is 16.5. The molecule has 172 valence electrons. The van der Waals surface area contributed by atoms with Gasteiger partial charge in [0.05, 0.1) is 24.1 Å². The van der Waals surface area contributed by atoms with Crippen molar-refractivity contribution < 1.29 is 14.3 Å². The summed E-state index contributed by atoms with van der Waals surface area (Å²) in [5.41, 5.74) is 6.75. The first-order valence-electron chi connectivity index (χ1n) is 12.5. The van der Waals surface area contributed by atoms with Crippen LogP contribution in [0.5, 0.6) is 5.75 Å². The van der Waals surface area contributed by atoms with Gasteiger partial charge in [-0.25, -0.2) is 4.90 Å². The Bertz CT molecular complexity index is 1280. The molecule has 0 spiro atoms. The van der Waals surface area contributed by atoms with Crippen LogP contribution in [-0.4, -0.2) is 18.4 Å². The second-order valence-electron chi connectivity index (χ2n) is 9.66. The molecule has 3 aromatic carbocycles. The largest absolute Gasteiger partial charge is 0.494 e. The molecule has 0 radical (unpaired) electrons. The van der Waals surface area contributed by atoms with E-state index in [1.165, 1.54) is 32.7 Å². The fourth-order valence-electron chi connectivity index (χ4n) is 6.28. The SMILES string of the molecule is CCCCOc1ccc(N2C(=O)[C@@H]3[C@@H]4c5ccccc5[C@H](c5cc(CC)ccc54)[C@H]3C2=O)cc1. The van der Waals surface area contributed by atoms with Crippen molar-refractivity contribution in [2.75, 3.05) is 11.5 Å². The lowest BCUT2D eigenvalue weighted by Crippen LogP contribution is -2.41. The molecule has 0 aromatic heterocycles. The van der Waals surface area contributed by atoms with E-state index in [1.54, 1.807) is 0 Å². The van der Waals surface area contributed by atoms with Crippen LogP contribution in [-0.2, 0) is 16.0 Å². The van der Waals surface area contributed by atoms with Crippen molar-refractivity contribution >= 4 is 17.5 Å². The summed E-state index contributed by atoms with van der Waals surface area (Å²) in [7, 11) is 0. The third-order valence-corrected chi connectivity index (χ3v) is 7.87. The minimum Gasteiger partial charge on any atom is -0.494 e. The van der Waals surface area contributed by atoms with Crippen LogP contribution in [0.25, 0.3) is 0 Å². The Balaban J connectivity index is 1.41. The fourth-order valence-corrected chi connectivity index (χ4v) is 6.28. The number of rotatable bonds is 6. The molecule has 7 rings (SSSR count). The van der Waals surface area contributed by atoms with Crippen molar-refractivity contribution in [2.24, 2.45) is 11.8 Å². The first-order valence-corrected chi connectivity index (χ1v) is 12.5. The minimum absolute atomic E-state index is 0.0771. The topological polar surface area (TPSA) is 46.6 Å². The van der Waals surface area contributed by atoms with Gasteiger partial charge in [0.1, 0.15) is 5.75 Å². The van der Waals surface area contributed by atoms with Gasteiger partial charge in [-0.3, -0.25) is 9.59 Å². The van der Waals surface area contributed by atoms with Gasteiger partial charge in [0.2, 0.25) is 11.8 Å². The number of carbonyl (C=O) groups excluding carboxylic acids is 2. The Labute approximate surface area is 200 Å². The molecule has 4 heteroatoms. The summed E-state index contributed by atoms with van der Waals surface area (Å²) < 4.78 is 5.77. The van der Waals surface area contributed by atoms with E-state index in [2.05, 4.69) is 44.2 Å². The summed E-state index contributed by atoms with van der Waals surface area (Å²) in [6.07, 6.45) is 3.02. The summed E-state index contributed by atoms with van der Waals surface area (Å²) in [6, 6.07) is 22.4. The lowest BCUT2D eigenvalue weighted by Gasteiger charge is -2.46. The molecule has 4 nitrogen and oxygen atoms in total. The quantitative estimate of drug-likeness (QED) is 0.350. The number of imide groups is 1. The molecule has 3 aromatic rings. The molecular weight excluding hydrogens is 422 g/mol. The van der Waals surface area contributed by atoms with Crippen LogP contribution in [0.3, 0.4) is 0 Å². The first-order chi connectivity index (χ1) is 16.6. The molecule has 1 saturated heterocycles. The van der Waals surface area contributed by atoms with Gasteiger partial charge in [-0.15, -0.1) is 0 Å². The van der Waals surface area contributed by atoms with Crippen molar-refractivity contribution in [3.05, 3.63) is 94.5 Å². The van der Waals surface area contributed by atoms with Gasteiger partial charge in [-0.2, -0.15) is 0 Å². The summed E-state index contributed by atoms with van der Waals surface area (Å²) in [5, 5.41) is 0. The number of carbonyl (C=O) groups is 2. The van der Waals surface area contributed by atoms with E-state index in [-0.39, 0.29) is 35.5 Å². The van der Waals surface area contributed by atoms with E-state index in [0.29, 0.717) is 12.3 Å². The van der Waals surface area contributed by atoms with E-state index in [4.69, 9.17) is 4.74 Å². The molecule has 1 fully saturated rings. The molecule has 34 heavy (non-hydrogen) atoms. The Kier molecular flexibility index (Phi) is 5.05. The lowest BCUT2D eigenvalue weighted by atomic mass is 9.55. The van der Waals surface area contributed by atoms with Gasteiger partial charge >= 0.3 is 0 Å². The monoisotopic (exact) mass is 451 g/mol. The Morgan fingerprint density at radius 1 is 0.765 bits per heavy atom. The fraction of sp³-hybridized carbons (Fsp3) is 0.333. The van der Waals surface area contributed by atoms with Crippen LogP contribution in [0.4, 0.5) is 5.69 Å². The average molecular weight is 452 g/mol. The number of anilines is 1. The number of hydrogen-bond donors (Lipinski definition) is 0. The van der Waals surface area contributed by atoms with Gasteiger partial charge < -0.3 is 4.74 Å². The molecular formula is C30H29NO3. The number of unbranched alkanes of at least 4 members (excludes halogenated alkanes) is 1. The normalized spacial score (nSPS) is 24.1. The van der Waals surface area contributed by atoms with Crippen molar-refractivity contribution in [2.45, 2.75) is 44.9 Å². The third kappa shape index (κ3) is 2.97. The predicted molar refractivity (Wildman–Crippen MR) is 132 cm³/mol. The highest BCUT2D eigenvalue weighted by Crippen LogP contribution is 2.61. The van der Waals surface area contributed by atoms with Crippen LogP contribution < -0.4 is 9.64 Å². The Morgan fingerprint density at radius 3 is 2.00 bits per heavy atom. The zero-order valence-electron chi connectivity index (χ0n) is 19.7. The van der Waals surface area contributed by atoms with Gasteiger partial charge in [-0.1, -0.05) is 62.7 Å². The Morgan fingerprint density at radius 2 is 1.38 bits per heavy atom. The Hall–Kier alpha value is -3.40. The number of aryl methyl sites for hydroxylation is 1. The standard InChI is InChI=1S/C30H29NO3/c1-3-5-16-34-20-13-11-19(12-14-20)31-29(32)27-25-21-8-6-7-9-22(21)26(28(27)30(31)33)24-17-18(4-2)10-15-23(24)25/h6-15,17,25-28H,3-5,16H2,1-2H3/t25-,26-,27-,28-/m1/s1. The molecule has 0 unspecified atom stereocenters. The molecule has 2 amide bonds. The zero-order valence-corrected chi connectivity index (χ0v) is 19.7. The zero-order chi connectivity index (χ0) is 23.4. The van der Waals surface area contributed by atoms with E-state index in [9.17, 15) is 9.59 Å². The molecule has 4 atom stereocenters. The second-order valence-corrected chi connectivity index (χ2v) is 9.66. The van der Waals surface area contributed by atoms with Crippen LogP contribution in [0, 0.1) is 11.8 Å². The minimum atomic E-state index is -0.354. The molecule has 0 N–H and O–H groups in total. The molecule has 1 heterocycles. The molecule has 3 aliphatic carbocycles. The number of ether oxygens (including phenoxy) is 1. The maximum absolute atomic E-state index is 13.9. The van der Waals surface area contributed by atoms with E-state index in [0.717, 1.165) is 25.0 Å². The highest BCUT2D eigenvalue weighted by Gasteiger charge is 2.61. The summed E-state index contributed by atoms with van der Waals surface area (Å²) in [4.78, 5) is 29.2. The number of benzene rings is 3. The maximum Gasteiger partial charge on any atom is 0.238 e. The molecule has 1 aliphatic heterocycles. The second kappa shape index (κ2) is 8.12. The predicted octanol–water partition coefficient (Wildman–Crippen LogP) is 5.82. The molecule has 0 saturated carbocycles. The van der Waals surface area contributed by atoms with Gasteiger partial charge in [0.15, 0.2) is 0 Å². The van der Waals surface area contributed by atoms with Crippen molar-refractivity contribution in [1.82, 2.24) is 0 Å². The maximum atomic E-state index is 13.9. The van der Waals surface area contributed by atoms with Crippen molar-refractivity contribution in [3.8, 4) is 5.75 Å². The lowest BCUT2D eigenvalue weighted by molar-refractivity contribution is -0.122. The van der Waals surface area contributed by atoms with E-state index >= 15 is 0 Å². The van der Waals surface area contributed by atoms with Crippen LogP contribution in [0.1, 0.15) is 66.3 Å². The molecule has 2 bridgehead atoms. The van der Waals surface area contributed by atoms with Crippen LogP contribution >= 0.6 is 0 Å². The third-order valence-electron chi connectivity index (χ3n) is 7.87. The van der Waals surface area contributed by atoms with Crippen LogP contribution in [0.2, 0.25) is 0 Å². The average Bonchev–Trinajstić information content (AvgIpc) is 3.14. The highest BCUT2D eigenvalue weighted by molar-refractivity contribution is 6.23. The summed E-state index contributed by atoms with van der Waals surface area (Å²) >= 11 is 0. The van der Waals surface area contributed by atoms with Crippen LogP contribution in [0.15, 0.2) is 66.7 Å². The summed E-state index contributed by atoms with van der Waals surface area (Å²) in [6.45, 7) is 4.95. The van der Waals surface area contributed by atoms with Gasteiger partial charge in [-0.05, 0) is 64.9 Å². The molecule has 4 aliphatic rings.